The van der Waals surface area contributed by atoms with Crippen molar-refractivity contribution in [3.63, 3.8) is 0 Å². The molecule has 6 rings (SSSR count). The van der Waals surface area contributed by atoms with E-state index in [1.807, 2.05) is 4.90 Å². The number of carbonyl (C=O) groups excluding carboxylic acids is 1. The average molecular weight is 477 g/mol. The quantitative estimate of drug-likeness (QED) is 0.374. The first-order valence-corrected chi connectivity index (χ1v) is 11.3. The van der Waals surface area contributed by atoms with Crippen molar-refractivity contribution in [2.45, 2.75) is 12.0 Å². The Hall–Kier alpha value is -3.58. The van der Waals surface area contributed by atoms with Gasteiger partial charge in [-0.25, -0.2) is 8.78 Å². The highest BCUT2D eigenvalue weighted by atomic mass is 35.5. The van der Waals surface area contributed by atoms with Gasteiger partial charge >= 0.3 is 0 Å². The first kappa shape index (κ1) is 21.0. The lowest BCUT2D eigenvalue weighted by Gasteiger charge is -2.63. The Kier molecular flexibility index (Phi) is 4.61. The zero-order valence-corrected chi connectivity index (χ0v) is 18.8. The van der Waals surface area contributed by atoms with Gasteiger partial charge in [0.1, 0.15) is 11.5 Å². The number of hydrogen-bond acceptors (Lipinski definition) is 4. The molecule has 4 heterocycles. The summed E-state index contributed by atoms with van der Waals surface area (Å²) in [6.07, 6.45) is 7.05. The van der Waals surface area contributed by atoms with E-state index in [1.165, 1.54) is 18.3 Å². The molecule has 0 atom stereocenters. The molecule has 0 N–H and O–H groups in total. The Labute approximate surface area is 199 Å². The monoisotopic (exact) mass is 476 g/mol. The fourth-order valence-corrected chi connectivity index (χ4v) is 5.46. The van der Waals surface area contributed by atoms with Crippen LogP contribution in [-0.2, 0) is 4.79 Å². The number of amides is 1. The number of hydrogen-bond donors (Lipinski definition) is 0. The Morgan fingerprint density at radius 1 is 1.12 bits per heavy atom. The molecule has 8 heteroatoms. The molecule has 34 heavy (non-hydrogen) atoms. The summed E-state index contributed by atoms with van der Waals surface area (Å²) in [5.41, 5.74) is 1.08. The van der Waals surface area contributed by atoms with E-state index in [9.17, 15) is 9.18 Å². The van der Waals surface area contributed by atoms with Gasteiger partial charge in [0.25, 0.3) is 0 Å². The third-order valence-corrected chi connectivity index (χ3v) is 7.42. The van der Waals surface area contributed by atoms with Crippen LogP contribution < -0.4 is 4.90 Å². The summed E-state index contributed by atoms with van der Waals surface area (Å²) in [6.45, 7) is 5.60. The van der Waals surface area contributed by atoms with Gasteiger partial charge < -0.3 is 9.80 Å². The Balaban J connectivity index is 1.41. The van der Waals surface area contributed by atoms with Crippen LogP contribution in [0.3, 0.4) is 0 Å². The zero-order chi connectivity index (χ0) is 23.6. The first-order valence-electron chi connectivity index (χ1n) is 10.9. The van der Waals surface area contributed by atoms with Gasteiger partial charge in [0.15, 0.2) is 5.82 Å². The van der Waals surface area contributed by atoms with Gasteiger partial charge in [-0.15, -0.1) is 0 Å². The molecule has 2 aliphatic rings. The Morgan fingerprint density at radius 2 is 1.94 bits per heavy atom. The van der Waals surface area contributed by atoms with Crippen LogP contribution in [0, 0.1) is 11.6 Å². The lowest BCUT2D eigenvalue weighted by Crippen LogP contribution is -2.77. The fourth-order valence-electron chi connectivity index (χ4n) is 5.19. The summed E-state index contributed by atoms with van der Waals surface area (Å²) in [4.78, 5) is 24.7. The third-order valence-electron chi connectivity index (χ3n) is 7.05. The minimum atomic E-state index is -0.571. The predicted molar refractivity (Wildman–Crippen MR) is 129 cm³/mol. The van der Waals surface area contributed by atoms with Gasteiger partial charge in [-0.1, -0.05) is 42.4 Å². The molecule has 2 aromatic carbocycles. The van der Waals surface area contributed by atoms with Crippen LogP contribution in [0.2, 0.25) is 5.02 Å². The maximum atomic E-state index is 15.8. The van der Waals surface area contributed by atoms with E-state index in [2.05, 4.69) is 21.4 Å². The Bertz CT molecular complexity index is 1520. The van der Waals surface area contributed by atoms with E-state index >= 15 is 4.39 Å². The average Bonchev–Trinajstić information content (AvgIpc) is 2.80. The standard InChI is InChI=1S/C26H19ClF2N4O/c1-2-21(34)33-9-8-26(33)13-32(14-26)20-12-30-10-18-17(20)11-31-25(24(18)29)16-5-3-4-15-6-7-19(28)23(27)22(15)16/h2-7,10-12H,1,8-9,13-14H2. The minimum absolute atomic E-state index is 0.0636. The maximum Gasteiger partial charge on any atom is 0.246 e. The van der Waals surface area contributed by atoms with Crippen molar-refractivity contribution in [1.82, 2.24) is 14.9 Å². The second kappa shape index (κ2) is 7.46. The fraction of sp³-hybridized carbons (Fsp3) is 0.192. The van der Waals surface area contributed by atoms with Crippen molar-refractivity contribution < 1.29 is 13.6 Å². The molecular weight excluding hydrogens is 458 g/mol. The van der Waals surface area contributed by atoms with E-state index in [-0.39, 0.29) is 22.2 Å². The van der Waals surface area contributed by atoms with Crippen LogP contribution in [0.5, 0.6) is 0 Å². The number of halogens is 3. The van der Waals surface area contributed by atoms with E-state index < -0.39 is 11.6 Å². The molecule has 2 aliphatic heterocycles. The van der Waals surface area contributed by atoms with E-state index in [0.29, 0.717) is 40.2 Å². The maximum absolute atomic E-state index is 15.8. The smallest absolute Gasteiger partial charge is 0.246 e. The molecule has 2 saturated heterocycles. The third kappa shape index (κ3) is 2.86. The zero-order valence-electron chi connectivity index (χ0n) is 18.1. The summed E-state index contributed by atoms with van der Waals surface area (Å²) in [5.74, 6) is -1.18. The molecule has 2 aromatic heterocycles. The van der Waals surface area contributed by atoms with Crippen molar-refractivity contribution in [2.75, 3.05) is 24.5 Å². The van der Waals surface area contributed by atoms with Crippen LogP contribution in [0.15, 0.2) is 61.6 Å². The molecule has 4 aromatic rings. The number of fused-ring (bicyclic) bond motifs is 2. The molecule has 0 unspecified atom stereocenters. The van der Waals surface area contributed by atoms with Crippen LogP contribution in [0.25, 0.3) is 32.8 Å². The first-order chi connectivity index (χ1) is 16.4. The van der Waals surface area contributed by atoms with Gasteiger partial charge in [0.05, 0.1) is 22.4 Å². The lowest BCUT2D eigenvalue weighted by molar-refractivity contribution is -0.144. The Morgan fingerprint density at radius 3 is 2.68 bits per heavy atom. The van der Waals surface area contributed by atoms with Gasteiger partial charge in [-0.3, -0.25) is 14.8 Å². The summed E-state index contributed by atoms with van der Waals surface area (Å²) in [6, 6.07) is 8.15. The highest BCUT2D eigenvalue weighted by Crippen LogP contribution is 2.44. The summed E-state index contributed by atoms with van der Waals surface area (Å²) in [5, 5.41) is 2.00. The van der Waals surface area contributed by atoms with Crippen LogP contribution in [-0.4, -0.2) is 45.9 Å². The topological polar surface area (TPSA) is 49.3 Å². The van der Waals surface area contributed by atoms with E-state index in [4.69, 9.17) is 11.6 Å². The van der Waals surface area contributed by atoms with Crippen molar-refractivity contribution >= 4 is 44.7 Å². The molecule has 1 spiro atoms. The van der Waals surface area contributed by atoms with Gasteiger partial charge in [0.2, 0.25) is 5.91 Å². The number of likely N-dealkylation sites (tertiary alicyclic amines) is 1. The van der Waals surface area contributed by atoms with Gasteiger partial charge in [0, 0.05) is 53.8 Å². The summed E-state index contributed by atoms with van der Waals surface area (Å²) < 4.78 is 30.0. The highest BCUT2D eigenvalue weighted by molar-refractivity contribution is 6.36. The number of nitrogens with zero attached hydrogens (tertiary/aromatic N) is 4. The molecule has 0 radical (unpaired) electrons. The SMILES string of the molecule is C=CC(=O)N1CCC12CN(c1cncc3c(F)c(-c4cccc5ccc(F)c(Cl)c45)ncc13)C2. The van der Waals surface area contributed by atoms with Crippen molar-refractivity contribution in [3.05, 3.63) is 78.2 Å². The number of aromatic nitrogens is 2. The van der Waals surface area contributed by atoms with Crippen molar-refractivity contribution in [3.8, 4) is 11.3 Å². The van der Waals surface area contributed by atoms with Crippen molar-refractivity contribution in [1.29, 1.82) is 0 Å². The van der Waals surface area contributed by atoms with Gasteiger partial charge in [-0.2, -0.15) is 0 Å². The second-order valence-corrected chi connectivity index (χ2v) is 9.21. The molecule has 0 saturated carbocycles. The molecule has 1 amide bonds. The molecule has 5 nitrogen and oxygen atoms in total. The number of anilines is 1. The van der Waals surface area contributed by atoms with E-state index in [0.717, 1.165) is 18.7 Å². The molecule has 170 valence electrons. The summed E-state index contributed by atoms with van der Waals surface area (Å²) >= 11 is 6.26. The largest absolute Gasteiger partial charge is 0.365 e. The second-order valence-electron chi connectivity index (χ2n) is 8.83. The number of pyridine rings is 2. The molecule has 0 aliphatic carbocycles. The molecular formula is C26H19ClF2N4O. The van der Waals surface area contributed by atoms with E-state index in [1.54, 1.807) is 36.7 Å². The summed E-state index contributed by atoms with van der Waals surface area (Å²) in [7, 11) is 0. The highest BCUT2D eigenvalue weighted by Gasteiger charge is 2.55. The molecule has 2 fully saturated rings. The van der Waals surface area contributed by atoms with Crippen molar-refractivity contribution in [2.24, 2.45) is 0 Å². The van der Waals surface area contributed by atoms with Gasteiger partial charge in [-0.05, 0) is 23.9 Å². The molecule has 0 bridgehead atoms. The van der Waals surface area contributed by atoms with Crippen LogP contribution >= 0.6 is 11.6 Å². The normalized spacial score (nSPS) is 16.6. The number of carbonyl (C=O) groups is 1. The van der Waals surface area contributed by atoms with Crippen LogP contribution in [0.4, 0.5) is 14.5 Å². The lowest BCUT2D eigenvalue weighted by atomic mass is 9.77. The number of benzene rings is 2. The number of rotatable bonds is 3. The predicted octanol–water partition coefficient (Wildman–Crippen LogP) is 5.36. The van der Waals surface area contributed by atoms with Crippen LogP contribution in [0.1, 0.15) is 6.42 Å². The minimum Gasteiger partial charge on any atom is -0.365 e.